The fraction of sp³-hybridized carbons (Fsp3) is 0.462. The van der Waals surface area contributed by atoms with E-state index in [0.29, 0.717) is 11.8 Å². The van der Waals surface area contributed by atoms with Crippen molar-refractivity contribution in [2.75, 3.05) is 13.1 Å². The Morgan fingerprint density at radius 1 is 1.31 bits per heavy atom. The number of hydrogen-bond acceptors (Lipinski definition) is 3. The van der Waals surface area contributed by atoms with Crippen LogP contribution in [0.5, 0.6) is 0 Å². The SMILES string of the molecule is CC(C)Sc1ccc(CCNCC#N)cc1. The maximum atomic E-state index is 8.37. The molecule has 0 aliphatic heterocycles. The minimum Gasteiger partial charge on any atom is -0.304 e. The summed E-state index contributed by atoms with van der Waals surface area (Å²) in [5, 5.41) is 12.1. The quantitative estimate of drug-likeness (QED) is 0.467. The third-order valence-electron chi connectivity index (χ3n) is 2.09. The maximum absolute atomic E-state index is 8.37. The van der Waals surface area contributed by atoms with Gasteiger partial charge in [0, 0.05) is 16.7 Å². The number of nitriles is 1. The van der Waals surface area contributed by atoms with Gasteiger partial charge in [0.1, 0.15) is 0 Å². The second kappa shape index (κ2) is 7.32. The van der Waals surface area contributed by atoms with Crippen LogP contribution in [0.3, 0.4) is 0 Å². The van der Waals surface area contributed by atoms with E-state index in [9.17, 15) is 0 Å². The lowest BCUT2D eigenvalue weighted by Crippen LogP contribution is -2.17. The van der Waals surface area contributed by atoms with Crippen molar-refractivity contribution in [3.05, 3.63) is 29.8 Å². The third-order valence-corrected chi connectivity index (χ3v) is 3.11. The normalized spacial score (nSPS) is 10.4. The zero-order valence-corrected chi connectivity index (χ0v) is 10.7. The summed E-state index contributed by atoms with van der Waals surface area (Å²) in [6.07, 6.45) is 0.980. The predicted molar refractivity (Wildman–Crippen MR) is 69.6 cm³/mol. The zero-order chi connectivity index (χ0) is 11.8. The molecule has 0 aliphatic rings. The molecule has 0 atom stereocenters. The molecule has 16 heavy (non-hydrogen) atoms. The van der Waals surface area contributed by atoms with Crippen LogP contribution in [0.1, 0.15) is 19.4 Å². The van der Waals surface area contributed by atoms with Crippen molar-refractivity contribution in [3.63, 3.8) is 0 Å². The molecule has 0 saturated carbocycles. The molecular weight excluding hydrogens is 216 g/mol. The van der Waals surface area contributed by atoms with Crippen molar-refractivity contribution in [2.45, 2.75) is 30.4 Å². The van der Waals surface area contributed by atoms with Gasteiger partial charge in [0.25, 0.3) is 0 Å². The van der Waals surface area contributed by atoms with E-state index in [2.05, 4.69) is 49.5 Å². The number of benzene rings is 1. The second-order valence-corrected chi connectivity index (χ2v) is 5.55. The van der Waals surface area contributed by atoms with Gasteiger partial charge in [-0.3, -0.25) is 0 Å². The molecule has 0 saturated heterocycles. The first-order chi connectivity index (χ1) is 7.72. The van der Waals surface area contributed by atoms with Gasteiger partial charge in [-0.2, -0.15) is 5.26 Å². The molecule has 0 fully saturated rings. The average molecular weight is 234 g/mol. The lowest BCUT2D eigenvalue weighted by atomic mass is 10.1. The average Bonchev–Trinajstić information content (AvgIpc) is 2.26. The Morgan fingerprint density at radius 2 is 2.00 bits per heavy atom. The number of thioether (sulfide) groups is 1. The lowest BCUT2D eigenvalue weighted by Gasteiger charge is -2.06. The highest BCUT2D eigenvalue weighted by molar-refractivity contribution is 7.99. The van der Waals surface area contributed by atoms with Gasteiger partial charge in [0.2, 0.25) is 0 Å². The van der Waals surface area contributed by atoms with Gasteiger partial charge < -0.3 is 5.32 Å². The van der Waals surface area contributed by atoms with Crippen molar-refractivity contribution in [1.29, 1.82) is 5.26 Å². The highest BCUT2D eigenvalue weighted by atomic mass is 32.2. The summed E-state index contributed by atoms with van der Waals surface area (Å²) in [7, 11) is 0. The first kappa shape index (κ1) is 13.1. The molecule has 0 heterocycles. The summed E-state index contributed by atoms with van der Waals surface area (Å²) in [5.74, 6) is 0. The Morgan fingerprint density at radius 3 is 2.56 bits per heavy atom. The van der Waals surface area contributed by atoms with Crippen LogP contribution >= 0.6 is 11.8 Å². The topological polar surface area (TPSA) is 35.8 Å². The highest BCUT2D eigenvalue weighted by Crippen LogP contribution is 2.22. The van der Waals surface area contributed by atoms with E-state index in [4.69, 9.17) is 5.26 Å². The summed E-state index contributed by atoms with van der Waals surface area (Å²) in [4.78, 5) is 1.32. The van der Waals surface area contributed by atoms with Gasteiger partial charge in [0.15, 0.2) is 0 Å². The molecule has 0 aliphatic carbocycles. The second-order valence-electron chi connectivity index (χ2n) is 3.90. The van der Waals surface area contributed by atoms with E-state index in [1.54, 1.807) is 0 Å². The molecule has 2 nitrogen and oxygen atoms in total. The van der Waals surface area contributed by atoms with Crippen molar-refractivity contribution in [1.82, 2.24) is 5.32 Å². The summed E-state index contributed by atoms with van der Waals surface area (Å²) in [6, 6.07) is 10.7. The maximum Gasteiger partial charge on any atom is 0.0841 e. The largest absolute Gasteiger partial charge is 0.304 e. The molecule has 1 aromatic carbocycles. The Hall–Kier alpha value is -0.980. The molecular formula is C13H18N2S. The molecule has 1 rings (SSSR count). The van der Waals surface area contributed by atoms with Crippen LogP contribution in [0.25, 0.3) is 0 Å². The Bertz CT molecular complexity index is 338. The molecule has 0 bridgehead atoms. The molecule has 3 heteroatoms. The van der Waals surface area contributed by atoms with Crippen molar-refractivity contribution >= 4 is 11.8 Å². The summed E-state index contributed by atoms with van der Waals surface area (Å²) in [6.45, 7) is 5.69. The lowest BCUT2D eigenvalue weighted by molar-refractivity contribution is 0.749. The number of hydrogen-bond donors (Lipinski definition) is 1. The van der Waals surface area contributed by atoms with E-state index >= 15 is 0 Å². The first-order valence-corrected chi connectivity index (χ1v) is 6.43. The van der Waals surface area contributed by atoms with Crippen molar-refractivity contribution in [2.24, 2.45) is 0 Å². The van der Waals surface area contributed by atoms with Crippen LogP contribution in [0, 0.1) is 11.3 Å². The molecule has 0 radical (unpaired) electrons. The van der Waals surface area contributed by atoms with Crippen LogP contribution in [-0.4, -0.2) is 18.3 Å². The van der Waals surface area contributed by atoms with E-state index < -0.39 is 0 Å². The number of nitrogens with zero attached hydrogens (tertiary/aromatic N) is 1. The van der Waals surface area contributed by atoms with Crippen molar-refractivity contribution < 1.29 is 0 Å². The summed E-state index contributed by atoms with van der Waals surface area (Å²) >= 11 is 1.88. The van der Waals surface area contributed by atoms with Gasteiger partial charge in [-0.1, -0.05) is 26.0 Å². The standard InChI is InChI=1S/C13H18N2S/c1-11(2)16-13-5-3-12(4-6-13)7-9-15-10-8-14/h3-6,11,15H,7,9-10H2,1-2H3. The molecule has 1 N–H and O–H groups in total. The van der Waals surface area contributed by atoms with Gasteiger partial charge in [-0.15, -0.1) is 11.8 Å². The Labute approximate surface area is 102 Å². The van der Waals surface area contributed by atoms with E-state index in [1.807, 2.05) is 11.8 Å². The molecule has 1 aromatic rings. The highest BCUT2D eigenvalue weighted by Gasteiger charge is 1.98. The number of nitrogens with one attached hydrogen (secondary N) is 1. The van der Waals surface area contributed by atoms with E-state index in [-0.39, 0.29) is 0 Å². The molecule has 0 amide bonds. The molecule has 86 valence electrons. The Kier molecular flexibility index (Phi) is 5.99. The smallest absolute Gasteiger partial charge is 0.0841 e. The van der Waals surface area contributed by atoms with Gasteiger partial charge in [-0.05, 0) is 24.1 Å². The van der Waals surface area contributed by atoms with Crippen LogP contribution in [0.15, 0.2) is 29.2 Å². The first-order valence-electron chi connectivity index (χ1n) is 5.55. The third kappa shape index (κ3) is 5.20. The predicted octanol–water partition coefficient (Wildman–Crippen LogP) is 2.84. The van der Waals surface area contributed by atoms with Crippen LogP contribution in [0.4, 0.5) is 0 Å². The van der Waals surface area contributed by atoms with E-state index in [0.717, 1.165) is 13.0 Å². The monoisotopic (exact) mass is 234 g/mol. The minimum atomic E-state index is 0.432. The molecule has 0 aromatic heterocycles. The fourth-order valence-corrected chi connectivity index (χ4v) is 2.22. The van der Waals surface area contributed by atoms with Crippen LogP contribution in [-0.2, 0) is 6.42 Å². The number of rotatable bonds is 6. The van der Waals surface area contributed by atoms with Gasteiger partial charge >= 0.3 is 0 Å². The van der Waals surface area contributed by atoms with Crippen molar-refractivity contribution in [3.8, 4) is 6.07 Å². The Balaban J connectivity index is 2.37. The zero-order valence-electron chi connectivity index (χ0n) is 9.86. The minimum absolute atomic E-state index is 0.432. The summed E-state index contributed by atoms with van der Waals surface area (Å²) < 4.78 is 0. The van der Waals surface area contributed by atoms with Gasteiger partial charge in [0.05, 0.1) is 12.6 Å². The van der Waals surface area contributed by atoms with E-state index in [1.165, 1.54) is 10.5 Å². The van der Waals surface area contributed by atoms with Crippen LogP contribution < -0.4 is 5.32 Å². The molecule has 0 spiro atoms. The summed E-state index contributed by atoms with van der Waals surface area (Å²) in [5.41, 5.74) is 1.32. The fourth-order valence-electron chi connectivity index (χ4n) is 1.38. The van der Waals surface area contributed by atoms with Crippen LogP contribution in [0.2, 0.25) is 0 Å². The van der Waals surface area contributed by atoms with Gasteiger partial charge in [-0.25, -0.2) is 0 Å². The molecule has 0 unspecified atom stereocenters.